The number of hydrogen-bond donors (Lipinski definition) is 2. The number of nitrogens with zero attached hydrogens (tertiary/aromatic N) is 2. The van der Waals surface area contributed by atoms with E-state index in [0.29, 0.717) is 17.2 Å². The smallest absolute Gasteiger partial charge is 0.175 e. The van der Waals surface area contributed by atoms with Gasteiger partial charge < -0.3 is 10.6 Å². The molecule has 0 saturated carbocycles. The van der Waals surface area contributed by atoms with Gasteiger partial charge in [-0.3, -0.25) is 4.68 Å². The molecule has 0 unspecified atom stereocenters. The van der Waals surface area contributed by atoms with Gasteiger partial charge in [-0.15, -0.1) is 0 Å². The molecule has 0 aliphatic heterocycles. The average Bonchev–Trinajstić information content (AvgIpc) is 2.84. The number of thiocarbonyl (C=S) groups is 1. The quantitative estimate of drug-likeness (QED) is 0.649. The van der Waals surface area contributed by atoms with Crippen LogP contribution in [-0.4, -0.2) is 14.9 Å². The van der Waals surface area contributed by atoms with E-state index in [9.17, 15) is 4.39 Å². The van der Waals surface area contributed by atoms with Crippen molar-refractivity contribution in [3.8, 4) is 0 Å². The molecule has 0 radical (unpaired) electrons. The van der Waals surface area contributed by atoms with Crippen molar-refractivity contribution in [2.75, 3.05) is 10.6 Å². The van der Waals surface area contributed by atoms with Gasteiger partial charge in [-0.1, -0.05) is 30.3 Å². The molecule has 0 saturated heterocycles. The predicted octanol–water partition coefficient (Wildman–Crippen LogP) is 4.80. The molecule has 26 heavy (non-hydrogen) atoms. The third-order valence-electron chi connectivity index (χ3n) is 4.17. The predicted molar refractivity (Wildman–Crippen MR) is 108 cm³/mol. The van der Waals surface area contributed by atoms with Crippen molar-refractivity contribution in [2.45, 2.75) is 27.3 Å². The van der Waals surface area contributed by atoms with E-state index in [4.69, 9.17) is 12.2 Å². The molecular formula is C20H21FN4S. The zero-order valence-corrected chi connectivity index (χ0v) is 15.8. The number of rotatable bonds is 4. The Morgan fingerprint density at radius 1 is 1.08 bits per heavy atom. The first-order chi connectivity index (χ1) is 12.4. The second kappa shape index (κ2) is 7.66. The SMILES string of the molecule is Cc1cccc(NC(=S)Nc2c(C)nn(Cc3ccccc3F)c2C)c1. The maximum atomic E-state index is 13.9. The highest BCUT2D eigenvalue weighted by molar-refractivity contribution is 7.80. The van der Waals surface area contributed by atoms with Gasteiger partial charge in [0.05, 0.1) is 23.6 Å². The highest BCUT2D eigenvalue weighted by Crippen LogP contribution is 2.21. The number of nitrogens with one attached hydrogen (secondary N) is 2. The zero-order chi connectivity index (χ0) is 18.7. The van der Waals surface area contributed by atoms with E-state index in [1.54, 1.807) is 16.8 Å². The molecule has 2 aromatic carbocycles. The first kappa shape index (κ1) is 18.1. The monoisotopic (exact) mass is 368 g/mol. The lowest BCUT2D eigenvalue weighted by molar-refractivity contribution is 0.579. The topological polar surface area (TPSA) is 41.9 Å². The highest BCUT2D eigenvalue weighted by Gasteiger charge is 2.14. The Kier molecular flexibility index (Phi) is 5.32. The molecule has 0 atom stereocenters. The fraction of sp³-hybridized carbons (Fsp3) is 0.200. The van der Waals surface area contributed by atoms with E-state index in [1.165, 1.54) is 6.07 Å². The van der Waals surface area contributed by atoms with Crippen LogP contribution in [0.3, 0.4) is 0 Å². The first-order valence-electron chi connectivity index (χ1n) is 8.36. The lowest BCUT2D eigenvalue weighted by Gasteiger charge is -2.12. The minimum absolute atomic E-state index is 0.230. The molecule has 134 valence electrons. The maximum absolute atomic E-state index is 13.9. The molecule has 0 amide bonds. The lowest BCUT2D eigenvalue weighted by atomic mass is 10.2. The molecule has 1 heterocycles. The van der Waals surface area contributed by atoms with E-state index >= 15 is 0 Å². The minimum atomic E-state index is -0.230. The number of aryl methyl sites for hydroxylation is 2. The van der Waals surface area contributed by atoms with Crippen LogP contribution in [0.1, 0.15) is 22.5 Å². The van der Waals surface area contributed by atoms with Crippen LogP contribution in [0.5, 0.6) is 0 Å². The number of halogens is 1. The number of anilines is 2. The van der Waals surface area contributed by atoms with E-state index in [0.717, 1.165) is 28.3 Å². The minimum Gasteiger partial charge on any atom is -0.332 e. The van der Waals surface area contributed by atoms with Gasteiger partial charge in [0.15, 0.2) is 5.11 Å². The first-order valence-corrected chi connectivity index (χ1v) is 8.77. The standard InChI is InChI=1S/C20H21FN4S/c1-13-7-6-9-17(11-13)22-20(26)23-19-14(2)24-25(15(19)3)12-16-8-4-5-10-18(16)21/h4-11H,12H2,1-3H3,(H2,22,23,26). The van der Waals surface area contributed by atoms with Gasteiger partial charge in [-0.05, 0) is 56.8 Å². The summed E-state index contributed by atoms with van der Waals surface area (Å²) in [6.45, 7) is 6.25. The van der Waals surface area contributed by atoms with E-state index in [-0.39, 0.29) is 5.82 Å². The van der Waals surface area contributed by atoms with Gasteiger partial charge in [0.2, 0.25) is 0 Å². The van der Waals surface area contributed by atoms with Crippen LogP contribution in [0.25, 0.3) is 0 Å². The van der Waals surface area contributed by atoms with Crippen LogP contribution >= 0.6 is 12.2 Å². The van der Waals surface area contributed by atoms with Crippen molar-refractivity contribution in [1.82, 2.24) is 9.78 Å². The zero-order valence-electron chi connectivity index (χ0n) is 15.0. The molecule has 2 N–H and O–H groups in total. The van der Waals surface area contributed by atoms with Crippen molar-refractivity contribution in [3.63, 3.8) is 0 Å². The summed E-state index contributed by atoms with van der Waals surface area (Å²) < 4.78 is 15.7. The Labute approximate surface area is 158 Å². The maximum Gasteiger partial charge on any atom is 0.175 e. The Balaban J connectivity index is 1.75. The highest BCUT2D eigenvalue weighted by atomic mass is 32.1. The molecule has 3 aromatic rings. The fourth-order valence-corrected chi connectivity index (χ4v) is 3.04. The van der Waals surface area contributed by atoms with Crippen molar-refractivity contribution >= 4 is 28.7 Å². The molecule has 0 spiro atoms. The second-order valence-electron chi connectivity index (χ2n) is 6.24. The van der Waals surface area contributed by atoms with Crippen LogP contribution in [0.15, 0.2) is 48.5 Å². The molecule has 0 bridgehead atoms. The van der Waals surface area contributed by atoms with Gasteiger partial charge in [-0.25, -0.2) is 4.39 Å². The number of aromatic nitrogens is 2. The molecule has 6 heteroatoms. The molecule has 0 fully saturated rings. The summed E-state index contributed by atoms with van der Waals surface area (Å²) in [4.78, 5) is 0. The molecular weight excluding hydrogens is 347 g/mol. The van der Waals surface area contributed by atoms with Crippen molar-refractivity contribution < 1.29 is 4.39 Å². The van der Waals surface area contributed by atoms with Crippen LogP contribution in [-0.2, 0) is 6.54 Å². The van der Waals surface area contributed by atoms with Crippen LogP contribution in [0.2, 0.25) is 0 Å². The van der Waals surface area contributed by atoms with E-state index < -0.39 is 0 Å². The van der Waals surface area contributed by atoms with E-state index in [2.05, 4.69) is 15.7 Å². The summed E-state index contributed by atoms with van der Waals surface area (Å²) in [5, 5.41) is 11.4. The summed E-state index contributed by atoms with van der Waals surface area (Å²) in [6, 6.07) is 14.7. The van der Waals surface area contributed by atoms with Gasteiger partial charge >= 0.3 is 0 Å². The molecule has 1 aromatic heterocycles. The Bertz CT molecular complexity index is 949. The molecule has 4 nitrogen and oxygen atoms in total. The fourth-order valence-electron chi connectivity index (χ4n) is 2.82. The van der Waals surface area contributed by atoms with Crippen molar-refractivity contribution in [2.24, 2.45) is 0 Å². The number of hydrogen-bond acceptors (Lipinski definition) is 2. The van der Waals surface area contributed by atoms with Gasteiger partial charge in [0.1, 0.15) is 5.82 Å². The average molecular weight is 368 g/mol. The number of benzene rings is 2. The van der Waals surface area contributed by atoms with Gasteiger partial charge in [0, 0.05) is 11.3 Å². The Morgan fingerprint density at radius 3 is 2.58 bits per heavy atom. The summed E-state index contributed by atoms with van der Waals surface area (Å²) >= 11 is 5.42. The Morgan fingerprint density at radius 2 is 1.85 bits per heavy atom. The van der Waals surface area contributed by atoms with Crippen LogP contribution < -0.4 is 10.6 Å². The lowest BCUT2D eigenvalue weighted by Crippen LogP contribution is -2.20. The summed E-state index contributed by atoms with van der Waals surface area (Å²) in [6.07, 6.45) is 0. The van der Waals surface area contributed by atoms with Crippen LogP contribution in [0.4, 0.5) is 15.8 Å². The van der Waals surface area contributed by atoms with Crippen LogP contribution in [0, 0.1) is 26.6 Å². The van der Waals surface area contributed by atoms with Gasteiger partial charge in [-0.2, -0.15) is 5.10 Å². The largest absolute Gasteiger partial charge is 0.332 e. The van der Waals surface area contributed by atoms with Crippen molar-refractivity contribution in [3.05, 3.63) is 76.9 Å². The summed E-state index contributed by atoms with van der Waals surface area (Å²) in [7, 11) is 0. The summed E-state index contributed by atoms with van der Waals surface area (Å²) in [5.41, 5.74) is 5.24. The van der Waals surface area contributed by atoms with E-state index in [1.807, 2.05) is 51.1 Å². The second-order valence-corrected chi connectivity index (χ2v) is 6.65. The summed E-state index contributed by atoms with van der Waals surface area (Å²) in [5.74, 6) is -0.230. The third-order valence-corrected chi connectivity index (χ3v) is 4.38. The van der Waals surface area contributed by atoms with Gasteiger partial charge in [0.25, 0.3) is 0 Å². The third kappa shape index (κ3) is 4.08. The normalized spacial score (nSPS) is 10.6. The molecule has 0 aliphatic carbocycles. The molecule has 0 aliphatic rings. The Hall–Kier alpha value is -2.73. The van der Waals surface area contributed by atoms with Crippen molar-refractivity contribution in [1.29, 1.82) is 0 Å². The molecule has 3 rings (SSSR count).